The van der Waals surface area contributed by atoms with Crippen molar-refractivity contribution < 1.29 is 4.79 Å². The lowest BCUT2D eigenvalue weighted by atomic mass is 9.90. The number of carbonyl (C=O) groups is 1. The minimum absolute atomic E-state index is 0.00196. The van der Waals surface area contributed by atoms with Crippen LogP contribution in [0.25, 0.3) is 0 Å². The van der Waals surface area contributed by atoms with Gasteiger partial charge in [0.2, 0.25) is 5.91 Å². The Bertz CT molecular complexity index is 279. The Morgan fingerprint density at radius 1 is 1.42 bits per heavy atom. The van der Waals surface area contributed by atoms with E-state index < -0.39 is 0 Å². The molecule has 0 radical (unpaired) electrons. The fourth-order valence-corrected chi connectivity index (χ4v) is 2.67. The van der Waals surface area contributed by atoms with E-state index in [1.165, 1.54) is 12.8 Å². The van der Waals surface area contributed by atoms with Crippen LogP contribution in [0.2, 0.25) is 0 Å². The van der Waals surface area contributed by atoms with Crippen LogP contribution in [-0.4, -0.2) is 50.1 Å². The third kappa shape index (κ3) is 5.49. The second-order valence-electron chi connectivity index (χ2n) is 6.43. The van der Waals surface area contributed by atoms with Crippen LogP contribution in [0.1, 0.15) is 40.0 Å². The van der Waals surface area contributed by atoms with Gasteiger partial charge in [-0.3, -0.25) is 4.79 Å². The number of hydrogen-bond acceptors (Lipinski definition) is 3. The molecule has 1 rings (SSSR count). The molecule has 0 aromatic rings. The number of likely N-dealkylation sites (N-methyl/N-ethyl adjacent to an activating group) is 1. The van der Waals surface area contributed by atoms with Crippen molar-refractivity contribution in [1.82, 2.24) is 15.5 Å². The molecule has 1 amide bonds. The van der Waals surface area contributed by atoms with E-state index in [2.05, 4.69) is 36.3 Å². The Hall–Kier alpha value is -0.610. The Labute approximate surface area is 118 Å². The van der Waals surface area contributed by atoms with Crippen LogP contribution in [0, 0.1) is 11.8 Å². The zero-order valence-corrected chi connectivity index (χ0v) is 13.2. The molecule has 1 aliphatic rings. The largest absolute Gasteiger partial charge is 0.350 e. The number of carbonyl (C=O) groups excluding carboxylic acids is 1. The SMILES string of the molecule is CCC1CCNC(C(=O)NC(CN(C)C)C(C)C)C1. The monoisotopic (exact) mass is 269 g/mol. The van der Waals surface area contributed by atoms with Crippen molar-refractivity contribution in [2.75, 3.05) is 27.2 Å². The fraction of sp³-hybridized carbons (Fsp3) is 0.933. The fourth-order valence-electron chi connectivity index (χ4n) is 2.67. The van der Waals surface area contributed by atoms with Gasteiger partial charge in [0.1, 0.15) is 0 Å². The van der Waals surface area contributed by atoms with Gasteiger partial charge < -0.3 is 15.5 Å². The third-order valence-electron chi connectivity index (χ3n) is 4.10. The summed E-state index contributed by atoms with van der Waals surface area (Å²) in [6.07, 6.45) is 3.36. The van der Waals surface area contributed by atoms with E-state index >= 15 is 0 Å². The summed E-state index contributed by atoms with van der Waals surface area (Å²) >= 11 is 0. The number of amides is 1. The molecule has 0 bridgehead atoms. The van der Waals surface area contributed by atoms with E-state index in [1.807, 2.05) is 14.1 Å². The Morgan fingerprint density at radius 2 is 2.11 bits per heavy atom. The summed E-state index contributed by atoms with van der Waals surface area (Å²) in [5, 5.41) is 6.57. The Morgan fingerprint density at radius 3 is 2.63 bits per heavy atom. The van der Waals surface area contributed by atoms with Crippen molar-refractivity contribution in [2.24, 2.45) is 11.8 Å². The summed E-state index contributed by atoms with van der Waals surface area (Å²) in [5.41, 5.74) is 0. The summed E-state index contributed by atoms with van der Waals surface area (Å²) in [6, 6.07) is 0.230. The van der Waals surface area contributed by atoms with Crippen LogP contribution >= 0.6 is 0 Å². The van der Waals surface area contributed by atoms with E-state index in [0.717, 1.165) is 19.5 Å². The minimum Gasteiger partial charge on any atom is -0.350 e. The molecule has 0 spiro atoms. The molecule has 0 aromatic heterocycles. The molecular weight excluding hydrogens is 238 g/mol. The molecule has 1 fully saturated rings. The summed E-state index contributed by atoms with van der Waals surface area (Å²) in [7, 11) is 4.10. The van der Waals surface area contributed by atoms with Crippen LogP contribution in [0.15, 0.2) is 0 Å². The van der Waals surface area contributed by atoms with Crippen molar-refractivity contribution in [3.63, 3.8) is 0 Å². The average Bonchev–Trinajstić information content (AvgIpc) is 2.37. The van der Waals surface area contributed by atoms with Gasteiger partial charge in [0.05, 0.1) is 6.04 Å². The molecule has 2 N–H and O–H groups in total. The molecule has 0 aromatic carbocycles. The molecule has 4 nitrogen and oxygen atoms in total. The zero-order chi connectivity index (χ0) is 14.4. The number of rotatable bonds is 6. The van der Waals surface area contributed by atoms with Gasteiger partial charge in [-0.1, -0.05) is 27.2 Å². The highest BCUT2D eigenvalue weighted by Crippen LogP contribution is 2.19. The molecule has 1 heterocycles. The van der Waals surface area contributed by atoms with Gasteiger partial charge in [-0.05, 0) is 45.3 Å². The van der Waals surface area contributed by atoms with Crippen LogP contribution in [0.4, 0.5) is 0 Å². The number of nitrogens with one attached hydrogen (secondary N) is 2. The van der Waals surface area contributed by atoms with Crippen molar-refractivity contribution in [3.05, 3.63) is 0 Å². The standard InChI is InChI=1S/C15H31N3O/c1-6-12-7-8-16-13(9-12)15(19)17-14(11(2)3)10-18(4)5/h11-14,16H,6-10H2,1-5H3,(H,17,19). The first-order valence-corrected chi connectivity index (χ1v) is 7.62. The molecule has 3 atom stereocenters. The molecule has 112 valence electrons. The van der Waals surface area contributed by atoms with Crippen LogP contribution in [0.3, 0.4) is 0 Å². The van der Waals surface area contributed by atoms with Gasteiger partial charge in [0.15, 0.2) is 0 Å². The molecular formula is C15H31N3O. The first-order valence-electron chi connectivity index (χ1n) is 7.62. The predicted octanol–water partition coefficient (Wildman–Crippen LogP) is 1.47. The van der Waals surface area contributed by atoms with Crippen molar-refractivity contribution in [1.29, 1.82) is 0 Å². The van der Waals surface area contributed by atoms with E-state index in [0.29, 0.717) is 11.8 Å². The summed E-state index contributed by atoms with van der Waals surface area (Å²) in [5.74, 6) is 1.33. The summed E-state index contributed by atoms with van der Waals surface area (Å²) in [4.78, 5) is 14.5. The lowest BCUT2D eigenvalue weighted by Gasteiger charge is -2.32. The second-order valence-corrected chi connectivity index (χ2v) is 6.43. The molecule has 4 heteroatoms. The maximum atomic E-state index is 12.4. The maximum absolute atomic E-state index is 12.4. The van der Waals surface area contributed by atoms with Gasteiger partial charge in [-0.2, -0.15) is 0 Å². The van der Waals surface area contributed by atoms with Crippen LogP contribution in [0.5, 0.6) is 0 Å². The summed E-state index contributed by atoms with van der Waals surface area (Å²) < 4.78 is 0. The van der Waals surface area contributed by atoms with Crippen LogP contribution < -0.4 is 10.6 Å². The second kappa shape index (κ2) is 7.85. The number of nitrogens with zero attached hydrogens (tertiary/aromatic N) is 1. The molecule has 0 saturated carbocycles. The van der Waals surface area contributed by atoms with Crippen molar-refractivity contribution in [2.45, 2.75) is 52.1 Å². The first kappa shape index (κ1) is 16.4. The normalized spacial score (nSPS) is 25.6. The quantitative estimate of drug-likeness (QED) is 0.767. The first-order chi connectivity index (χ1) is 8.93. The predicted molar refractivity (Wildman–Crippen MR) is 80.1 cm³/mol. The highest BCUT2D eigenvalue weighted by molar-refractivity contribution is 5.82. The number of hydrogen-bond donors (Lipinski definition) is 2. The van der Waals surface area contributed by atoms with Crippen molar-refractivity contribution in [3.8, 4) is 0 Å². The maximum Gasteiger partial charge on any atom is 0.237 e. The highest BCUT2D eigenvalue weighted by Gasteiger charge is 2.28. The average molecular weight is 269 g/mol. The van der Waals surface area contributed by atoms with E-state index in [1.54, 1.807) is 0 Å². The van der Waals surface area contributed by atoms with Gasteiger partial charge in [0.25, 0.3) is 0 Å². The lowest BCUT2D eigenvalue weighted by molar-refractivity contribution is -0.125. The Kier molecular flexibility index (Phi) is 6.80. The number of piperidine rings is 1. The van der Waals surface area contributed by atoms with Gasteiger partial charge in [-0.15, -0.1) is 0 Å². The smallest absolute Gasteiger partial charge is 0.237 e. The molecule has 0 aliphatic carbocycles. The van der Waals surface area contributed by atoms with E-state index in [9.17, 15) is 4.79 Å². The lowest BCUT2D eigenvalue weighted by Crippen LogP contribution is -2.54. The topological polar surface area (TPSA) is 44.4 Å². The molecule has 1 aliphatic heterocycles. The summed E-state index contributed by atoms with van der Waals surface area (Å²) in [6.45, 7) is 8.41. The van der Waals surface area contributed by atoms with Crippen molar-refractivity contribution >= 4 is 5.91 Å². The molecule has 3 unspecified atom stereocenters. The Balaban J connectivity index is 2.51. The van der Waals surface area contributed by atoms with Crippen LogP contribution in [-0.2, 0) is 4.79 Å². The molecule has 1 saturated heterocycles. The van der Waals surface area contributed by atoms with Gasteiger partial charge >= 0.3 is 0 Å². The minimum atomic E-state index is 0.00196. The third-order valence-corrected chi connectivity index (χ3v) is 4.10. The molecule has 19 heavy (non-hydrogen) atoms. The zero-order valence-electron chi connectivity index (χ0n) is 13.2. The highest BCUT2D eigenvalue weighted by atomic mass is 16.2. The van der Waals surface area contributed by atoms with E-state index in [-0.39, 0.29) is 18.0 Å². The van der Waals surface area contributed by atoms with E-state index in [4.69, 9.17) is 0 Å². The van der Waals surface area contributed by atoms with Gasteiger partial charge in [0, 0.05) is 12.6 Å². The van der Waals surface area contributed by atoms with Gasteiger partial charge in [-0.25, -0.2) is 0 Å².